The first-order valence-corrected chi connectivity index (χ1v) is 13.2. The van der Waals surface area contributed by atoms with Gasteiger partial charge < -0.3 is 24.8 Å². The van der Waals surface area contributed by atoms with Crippen molar-refractivity contribution in [1.82, 2.24) is 14.9 Å². The van der Waals surface area contributed by atoms with Gasteiger partial charge in [0.05, 0.1) is 6.61 Å². The number of esters is 1. The van der Waals surface area contributed by atoms with Crippen LogP contribution in [-0.2, 0) is 20.9 Å². The van der Waals surface area contributed by atoms with Crippen LogP contribution in [0.2, 0.25) is 0 Å². The van der Waals surface area contributed by atoms with E-state index in [1.807, 2.05) is 35.2 Å². The van der Waals surface area contributed by atoms with Crippen LogP contribution in [0.4, 0.5) is 29.7 Å². The molecule has 0 aliphatic carbocycles. The largest absolute Gasteiger partial charge is 0.484 e. The minimum Gasteiger partial charge on any atom is -0.484 e. The molecule has 0 bridgehead atoms. The summed E-state index contributed by atoms with van der Waals surface area (Å²) in [5.41, 5.74) is 6.21. The molecule has 1 amide bonds. The average molecular weight is 564 g/mol. The van der Waals surface area contributed by atoms with Gasteiger partial charge in [0, 0.05) is 25.7 Å². The lowest BCUT2D eigenvalue weighted by molar-refractivity contribution is -0.170. The molecule has 2 aliphatic heterocycles. The number of halogens is 3. The molecule has 4 rings (SSSR count). The van der Waals surface area contributed by atoms with Crippen LogP contribution in [0.1, 0.15) is 31.7 Å². The summed E-state index contributed by atoms with van der Waals surface area (Å²) in [5, 5.41) is 0. The summed E-state index contributed by atoms with van der Waals surface area (Å²) < 4.78 is 54.4. The molecule has 2 atom stereocenters. The summed E-state index contributed by atoms with van der Waals surface area (Å²) >= 11 is 1.58. The summed E-state index contributed by atoms with van der Waals surface area (Å²) in [6.45, 7) is 3.24. The lowest BCUT2D eigenvalue weighted by Gasteiger charge is -2.39. The second kappa shape index (κ2) is 11.9. The average Bonchev–Trinajstić information content (AvgIpc) is 3.27. The predicted molar refractivity (Wildman–Crippen MR) is 135 cm³/mol. The van der Waals surface area contributed by atoms with E-state index < -0.39 is 29.2 Å². The molecule has 2 radical (unpaired) electrons. The number of nitrogens with two attached hydrogens (primary N) is 1. The third-order valence-electron chi connectivity index (χ3n) is 6.93. The summed E-state index contributed by atoms with van der Waals surface area (Å²) in [5.74, 6) is -0.635. The topological polar surface area (TPSA) is 120 Å². The van der Waals surface area contributed by atoms with Gasteiger partial charge in [0.2, 0.25) is 28.1 Å². The smallest absolute Gasteiger partial charge is 0.410 e. The minimum atomic E-state index is -4.59. The molecular formula is C25H29AlF3N5O5. The number of nitrogens with zero attached hydrogens (tertiary/aromatic N) is 4. The first-order chi connectivity index (χ1) is 18.5. The van der Waals surface area contributed by atoms with Crippen molar-refractivity contribution in [2.45, 2.75) is 50.0 Å². The Kier molecular flexibility index (Phi) is 8.76. The lowest BCUT2D eigenvalue weighted by Crippen LogP contribution is -2.43. The van der Waals surface area contributed by atoms with E-state index in [2.05, 4.69) is 9.97 Å². The van der Waals surface area contributed by atoms with Crippen LogP contribution in [0.15, 0.2) is 36.4 Å². The zero-order valence-corrected chi connectivity index (χ0v) is 22.5. The number of hydrogen-bond donors (Lipinski definition) is 1. The van der Waals surface area contributed by atoms with Crippen molar-refractivity contribution in [3.8, 4) is 5.88 Å². The highest BCUT2D eigenvalue weighted by Crippen LogP contribution is 2.44. The zero-order chi connectivity index (χ0) is 28.2. The van der Waals surface area contributed by atoms with Crippen LogP contribution in [0, 0.1) is 5.41 Å². The highest BCUT2D eigenvalue weighted by Gasteiger charge is 2.51. The number of nitrogen functional groups attached to an aromatic ring is 1. The molecule has 0 unspecified atom stereocenters. The van der Waals surface area contributed by atoms with E-state index in [1.54, 1.807) is 23.2 Å². The Morgan fingerprint density at radius 2 is 1.87 bits per heavy atom. The Labute approximate surface area is 232 Å². The van der Waals surface area contributed by atoms with E-state index in [9.17, 15) is 22.8 Å². The van der Waals surface area contributed by atoms with Gasteiger partial charge in [-0.1, -0.05) is 30.3 Å². The van der Waals surface area contributed by atoms with E-state index in [4.69, 9.17) is 19.9 Å². The van der Waals surface area contributed by atoms with Crippen LogP contribution in [0.5, 0.6) is 5.88 Å². The van der Waals surface area contributed by atoms with Gasteiger partial charge in [0.1, 0.15) is 23.4 Å². The molecule has 1 aromatic heterocycles. The number of rotatable bonds is 7. The first kappa shape index (κ1) is 28.8. The summed E-state index contributed by atoms with van der Waals surface area (Å²) in [6.07, 6.45) is -3.56. The number of amides is 1. The zero-order valence-electron chi connectivity index (χ0n) is 21.4. The SMILES string of the molecule is CCOC(=O)[C@@H]1CC2(CCN(c3cc(O[C@H]([Al])C(F)(F)F)nc(N)n3)CC2)CN1C(=O)OCc1ccccc1. The number of alkyl halides is 3. The maximum atomic E-state index is 13.0. The molecular weight excluding hydrogens is 534 g/mol. The molecule has 2 aromatic rings. The quantitative estimate of drug-likeness (QED) is 0.400. The van der Waals surface area contributed by atoms with Gasteiger partial charge in [0.25, 0.3) is 0 Å². The van der Waals surface area contributed by atoms with Crippen molar-refractivity contribution in [2.24, 2.45) is 5.41 Å². The number of aromatic nitrogens is 2. The summed E-state index contributed by atoms with van der Waals surface area (Å²) in [6, 6.07) is 9.80. The third-order valence-corrected chi connectivity index (χ3v) is 7.45. The number of anilines is 2. The van der Waals surface area contributed by atoms with Crippen molar-refractivity contribution in [2.75, 3.05) is 36.9 Å². The molecule has 3 heterocycles. The Hall–Kier alpha value is -3.24. The second-order valence-corrected chi connectivity index (χ2v) is 10.2. The Morgan fingerprint density at radius 1 is 1.18 bits per heavy atom. The number of hydrogen-bond acceptors (Lipinski definition) is 9. The van der Waals surface area contributed by atoms with Gasteiger partial charge in [-0.15, -0.1) is 0 Å². The van der Waals surface area contributed by atoms with Crippen LogP contribution in [0.3, 0.4) is 0 Å². The second-order valence-electron chi connectivity index (χ2n) is 9.63. The van der Waals surface area contributed by atoms with Crippen molar-refractivity contribution >= 4 is 40.1 Å². The number of likely N-dealkylation sites (tertiary alicyclic amines) is 1. The van der Waals surface area contributed by atoms with Crippen LogP contribution >= 0.6 is 0 Å². The Balaban J connectivity index is 1.44. The molecule has 1 spiro atoms. The highest BCUT2D eigenvalue weighted by atomic mass is 27.0. The fourth-order valence-electron chi connectivity index (χ4n) is 4.92. The first-order valence-electron chi connectivity index (χ1n) is 12.5. The molecule has 0 saturated carbocycles. The van der Waals surface area contributed by atoms with Gasteiger partial charge in [0.15, 0.2) is 0 Å². The molecule has 1 aromatic carbocycles. The van der Waals surface area contributed by atoms with E-state index in [1.165, 1.54) is 11.0 Å². The minimum absolute atomic E-state index is 0.0809. The highest BCUT2D eigenvalue weighted by molar-refractivity contribution is 6.11. The summed E-state index contributed by atoms with van der Waals surface area (Å²) in [7, 11) is 0. The van der Waals surface area contributed by atoms with E-state index >= 15 is 0 Å². The fourth-order valence-corrected chi connectivity index (χ4v) is 5.06. The predicted octanol–water partition coefficient (Wildman–Crippen LogP) is 3.06. The van der Waals surface area contributed by atoms with E-state index in [0.717, 1.165) is 5.56 Å². The van der Waals surface area contributed by atoms with Crippen LogP contribution < -0.4 is 15.4 Å². The number of ether oxygens (including phenoxy) is 3. The van der Waals surface area contributed by atoms with Crippen molar-refractivity contribution < 1.29 is 37.0 Å². The number of piperidine rings is 1. The molecule has 2 saturated heterocycles. The number of carbonyl (C=O) groups excluding carboxylic acids is 2. The third kappa shape index (κ3) is 7.05. The van der Waals surface area contributed by atoms with Crippen LogP contribution in [-0.4, -0.2) is 86.6 Å². The molecule has 2 aliphatic rings. The fraction of sp³-hybridized carbons (Fsp3) is 0.520. The standard InChI is InChI=1S/C25H29F3N5O5.Al/c1-2-36-21(34)18-13-24(15-33(18)23(35)37-14-17-6-4-3-5-7-17)8-10-32(11-9-24)19-12-20(31-22(29)30-19)38-16-25(26,27)28;/h3-7,12,16,18H,2,8-11,13-15H2,1H3,(H2,29,30,31);/t18-;/m0./s1. The molecule has 2 fully saturated rings. The molecule has 10 nitrogen and oxygen atoms in total. The number of carbonyl (C=O) groups is 2. The monoisotopic (exact) mass is 563 g/mol. The lowest BCUT2D eigenvalue weighted by atomic mass is 9.76. The Bertz CT molecular complexity index is 1160. The van der Waals surface area contributed by atoms with Gasteiger partial charge in [-0.05, 0) is 37.2 Å². The summed E-state index contributed by atoms with van der Waals surface area (Å²) in [4.78, 5) is 34.9. The molecule has 39 heavy (non-hydrogen) atoms. The number of benzene rings is 1. The van der Waals surface area contributed by atoms with Gasteiger partial charge >= 0.3 is 18.2 Å². The van der Waals surface area contributed by atoms with Crippen LogP contribution in [0.25, 0.3) is 0 Å². The van der Waals surface area contributed by atoms with E-state index in [0.29, 0.717) is 44.7 Å². The molecule has 14 heteroatoms. The Morgan fingerprint density at radius 3 is 2.51 bits per heavy atom. The van der Waals surface area contributed by atoms with Gasteiger partial charge in [-0.25, -0.2) is 9.59 Å². The van der Waals surface area contributed by atoms with Crippen molar-refractivity contribution in [1.29, 1.82) is 0 Å². The van der Waals surface area contributed by atoms with Crippen molar-refractivity contribution in [3.05, 3.63) is 42.0 Å². The van der Waals surface area contributed by atoms with E-state index in [-0.39, 0.29) is 30.5 Å². The molecule has 2 N–H and O–H groups in total. The van der Waals surface area contributed by atoms with Crippen molar-refractivity contribution in [3.63, 3.8) is 0 Å². The van der Waals surface area contributed by atoms with Gasteiger partial charge in [-0.2, -0.15) is 23.1 Å². The molecule has 208 valence electrons. The van der Waals surface area contributed by atoms with Gasteiger partial charge in [-0.3, -0.25) is 4.90 Å². The normalized spacial score (nSPS) is 19.5. The maximum absolute atomic E-state index is 13.0. The maximum Gasteiger partial charge on any atom is 0.410 e.